The predicted octanol–water partition coefficient (Wildman–Crippen LogP) is 1.06. The van der Waals surface area contributed by atoms with Crippen molar-refractivity contribution in [2.45, 2.75) is 45.4 Å². The minimum Gasteiger partial charge on any atom is -0.461 e. The topological polar surface area (TPSA) is 47.4 Å². The van der Waals surface area contributed by atoms with E-state index < -0.39 is 0 Å². The van der Waals surface area contributed by atoms with Crippen LogP contribution in [0.3, 0.4) is 0 Å². The van der Waals surface area contributed by atoms with Crippen LogP contribution in [0.1, 0.15) is 30.8 Å². The number of cyclic esters (lactones) is 1. The number of hydrogen-bond acceptors (Lipinski definition) is 4. The fraction of sp³-hybridized carbons (Fsp3) is 0.692. The van der Waals surface area contributed by atoms with Crippen molar-refractivity contribution in [3.63, 3.8) is 0 Å². The monoisotopic (exact) mass is 249 g/mol. The van der Waals surface area contributed by atoms with E-state index in [0.29, 0.717) is 6.04 Å². The van der Waals surface area contributed by atoms with Crippen LogP contribution in [0.4, 0.5) is 0 Å². The van der Waals surface area contributed by atoms with Crippen LogP contribution in [0.15, 0.2) is 6.07 Å². The lowest BCUT2D eigenvalue weighted by Gasteiger charge is -2.41. The van der Waals surface area contributed by atoms with Crippen molar-refractivity contribution in [3.8, 4) is 0 Å². The van der Waals surface area contributed by atoms with E-state index in [1.54, 1.807) is 0 Å². The predicted molar refractivity (Wildman–Crippen MR) is 66.3 cm³/mol. The molecule has 0 saturated carbocycles. The molecule has 0 aliphatic carbocycles. The molecule has 98 valence electrons. The first-order valence-electron chi connectivity index (χ1n) is 6.52. The molecule has 5 heteroatoms. The number of hydrogen-bond donors (Lipinski definition) is 0. The lowest BCUT2D eigenvalue weighted by Crippen LogP contribution is -2.54. The standard InChI is InChI=1S/C13H19N3O2/c1-8-4-9(2)16(14-8)11-6-15(7-11)12-5-10(3)18-13(12)17/h4,10-12H,5-7H2,1-3H3/t10-,12-/m0/s1. The van der Waals surface area contributed by atoms with Gasteiger partial charge in [0.05, 0.1) is 11.7 Å². The molecule has 0 radical (unpaired) electrons. The molecular formula is C13H19N3O2. The Bertz CT molecular complexity index is 477. The molecule has 2 aliphatic rings. The van der Waals surface area contributed by atoms with Gasteiger partial charge in [-0.15, -0.1) is 0 Å². The second-order valence-corrected chi connectivity index (χ2v) is 5.48. The number of nitrogens with zero attached hydrogens (tertiary/aromatic N) is 3. The van der Waals surface area contributed by atoms with Gasteiger partial charge >= 0.3 is 5.97 Å². The summed E-state index contributed by atoms with van der Waals surface area (Å²) in [6.45, 7) is 7.84. The molecule has 3 heterocycles. The molecule has 2 fully saturated rings. The third-order valence-electron chi connectivity index (χ3n) is 3.87. The molecule has 2 aliphatic heterocycles. The van der Waals surface area contributed by atoms with E-state index in [9.17, 15) is 4.79 Å². The van der Waals surface area contributed by atoms with E-state index in [1.165, 1.54) is 5.69 Å². The minimum absolute atomic E-state index is 0.0341. The molecule has 0 bridgehead atoms. The van der Waals surface area contributed by atoms with Gasteiger partial charge in [-0.05, 0) is 26.8 Å². The number of carbonyl (C=O) groups is 1. The van der Waals surface area contributed by atoms with Crippen molar-refractivity contribution in [2.24, 2.45) is 0 Å². The fourth-order valence-corrected chi connectivity index (χ4v) is 2.95. The van der Waals surface area contributed by atoms with Crippen LogP contribution in [0.5, 0.6) is 0 Å². The lowest BCUT2D eigenvalue weighted by atomic mass is 10.0. The van der Waals surface area contributed by atoms with Crippen molar-refractivity contribution >= 4 is 5.97 Å². The first-order chi connectivity index (χ1) is 8.54. The zero-order valence-corrected chi connectivity index (χ0v) is 11.1. The summed E-state index contributed by atoms with van der Waals surface area (Å²) in [7, 11) is 0. The van der Waals surface area contributed by atoms with Gasteiger partial charge in [0.25, 0.3) is 0 Å². The van der Waals surface area contributed by atoms with E-state index >= 15 is 0 Å². The number of aryl methyl sites for hydroxylation is 2. The van der Waals surface area contributed by atoms with Gasteiger partial charge in [0.2, 0.25) is 0 Å². The highest BCUT2D eigenvalue weighted by molar-refractivity contribution is 5.78. The maximum Gasteiger partial charge on any atom is 0.323 e. The van der Waals surface area contributed by atoms with Crippen LogP contribution in [-0.2, 0) is 9.53 Å². The molecule has 18 heavy (non-hydrogen) atoms. The highest BCUT2D eigenvalue weighted by atomic mass is 16.6. The summed E-state index contributed by atoms with van der Waals surface area (Å²) in [5.41, 5.74) is 2.25. The third kappa shape index (κ3) is 1.82. The Labute approximate surface area is 107 Å². The molecule has 2 saturated heterocycles. The molecule has 0 unspecified atom stereocenters. The molecular weight excluding hydrogens is 230 g/mol. The first-order valence-corrected chi connectivity index (χ1v) is 6.52. The van der Waals surface area contributed by atoms with Gasteiger partial charge in [0.15, 0.2) is 0 Å². The van der Waals surface area contributed by atoms with Gasteiger partial charge in [-0.2, -0.15) is 5.10 Å². The van der Waals surface area contributed by atoms with Gasteiger partial charge in [0, 0.05) is 25.2 Å². The Balaban J connectivity index is 1.64. The van der Waals surface area contributed by atoms with Crippen LogP contribution < -0.4 is 0 Å². The molecule has 0 spiro atoms. The van der Waals surface area contributed by atoms with E-state index in [2.05, 4.69) is 27.7 Å². The summed E-state index contributed by atoms with van der Waals surface area (Å²) < 4.78 is 7.28. The quantitative estimate of drug-likeness (QED) is 0.735. The number of rotatable bonds is 2. The van der Waals surface area contributed by atoms with Gasteiger partial charge in [0.1, 0.15) is 12.1 Å². The van der Waals surface area contributed by atoms with Crippen molar-refractivity contribution < 1.29 is 9.53 Å². The Kier molecular flexibility index (Phi) is 2.66. The molecule has 3 rings (SSSR count). The third-order valence-corrected chi connectivity index (χ3v) is 3.87. The van der Waals surface area contributed by atoms with E-state index in [1.807, 2.05) is 13.8 Å². The Hall–Kier alpha value is -1.36. The summed E-state index contributed by atoms with van der Waals surface area (Å²) in [6.07, 6.45) is 0.887. The lowest BCUT2D eigenvalue weighted by molar-refractivity contribution is -0.146. The van der Waals surface area contributed by atoms with E-state index in [-0.39, 0.29) is 18.1 Å². The highest BCUT2D eigenvalue weighted by Crippen LogP contribution is 2.29. The minimum atomic E-state index is -0.0608. The molecule has 2 atom stereocenters. The summed E-state index contributed by atoms with van der Waals surface area (Å²) in [5, 5.41) is 4.50. The fourth-order valence-electron chi connectivity index (χ4n) is 2.95. The Morgan fingerprint density at radius 1 is 1.39 bits per heavy atom. The smallest absolute Gasteiger partial charge is 0.323 e. The van der Waals surface area contributed by atoms with Crippen LogP contribution in [0, 0.1) is 13.8 Å². The second kappa shape index (κ2) is 4.09. The summed E-state index contributed by atoms with van der Waals surface area (Å²) in [5.74, 6) is -0.0608. The summed E-state index contributed by atoms with van der Waals surface area (Å²) in [6, 6.07) is 2.46. The van der Waals surface area contributed by atoms with Crippen LogP contribution in [0.2, 0.25) is 0 Å². The summed E-state index contributed by atoms with van der Waals surface area (Å²) >= 11 is 0. The van der Waals surface area contributed by atoms with Gasteiger partial charge in [-0.25, -0.2) is 0 Å². The molecule has 5 nitrogen and oxygen atoms in total. The highest BCUT2D eigenvalue weighted by Gasteiger charge is 2.43. The molecule has 0 aromatic carbocycles. The van der Waals surface area contributed by atoms with E-state index in [4.69, 9.17) is 4.74 Å². The van der Waals surface area contributed by atoms with Crippen molar-refractivity contribution in [3.05, 3.63) is 17.5 Å². The van der Waals surface area contributed by atoms with E-state index in [0.717, 1.165) is 25.2 Å². The van der Waals surface area contributed by atoms with Crippen molar-refractivity contribution in [1.29, 1.82) is 0 Å². The zero-order valence-electron chi connectivity index (χ0n) is 11.1. The van der Waals surface area contributed by atoms with Crippen LogP contribution >= 0.6 is 0 Å². The number of esters is 1. The van der Waals surface area contributed by atoms with Crippen molar-refractivity contribution in [2.75, 3.05) is 13.1 Å². The Morgan fingerprint density at radius 3 is 2.61 bits per heavy atom. The summed E-state index contributed by atoms with van der Waals surface area (Å²) in [4.78, 5) is 13.8. The first kappa shape index (κ1) is 11.7. The maximum atomic E-state index is 11.6. The van der Waals surface area contributed by atoms with Crippen molar-refractivity contribution in [1.82, 2.24) is 14.7 Å². The van der Waals surface area contributed by atoms with Crippen LogP contribution in [0.25, 0.3) is 0 Å². The zero-order chi connectivity index (χ0) is 12.9. The number of aromatic nitrogens is 2. The number of ether oxygens (including phenoxy) is 1. The maximum absolute atomic E-state index is 11.6. The van der Waals surface area contributed by atoms with Gasteiger partial charge in [-0.1, -0.05) is 0 Å². The largest absolute Gasteiger partial charge is 0.461 e. The molecule has 0 N–H and O–H groups in total. The normalized spacial score (nSPS) is 29.4. The molecule has 1 aromatic rings. The van der Waals surface area contributed by atoms with Crippen LogP contribution in [-0.4, -0.2) is 45.9 Å². The average molecular weight is 249 g/mol. The Morgan fingerprint density at radius 2 is 2.11 bits per heavy atom. The average Bonchev–Trinajstić information content (AvgIpc) is 2.69. The second-order valence-electron chi connectivity index (χ2n) is 5.48. The molecule has 1 aromatic heterocycles. The molecule has 0 amide bonds. The number of likely N-dealkylation sites (tertiary alicyclic amines) is 1. The SMILES string of the molecule is Cc1cc(C)n(C2CN([C@H]3C[C@H](C)OC3=O)C2)n1. The number of carbonyl (C=O) groups excluding carboxylic acids is 1. The van der Waals surface area contributed by atoms with Gasteiger partial charge in [-0.3, -0.25) is 14.4 Å². The van der Waals surface area contributed by atoms with Gasteiger partial charge < -0.3 is 4.74 Å².